The molecular weight excluding hydrogens is 332 g/mol. The van der Waals surface area contributed by atoms with Crippen LogP contribution in [0.4, 0.5) is 0 Å². The normalized spacial score (nSPS) is 11.0. The van der Waals surface area contributed by atoms with Gasteiger partial charge in [0.05, 0.1) is 17.0 Å². The van der Waals surface area contributed by atoms with Gasteiger partial charge in [-0.25, -0.2) is 17.9 Å². The third-order valence-electron chi connectivity index (χ3n) is 3.05. The smallest absolute Gasteiger partial charge is 0.338 e. The van der Waals surface area contributed by atoms with Crippen LogP contribution in [0.3, 0.4) is 0 Å². The summed E-state index contributed by atoms with van der Waals surface area (Å²) < 4.78 is 31.0. The molecule has 2 aromatic carbocycles. The van der Waals surface area contributed by atoms with Crippen LogP contribution in [-0.2, 0) is 26.2 Å². The van der Waals surface area contributed by atoms with Gasteiger partial charge in [0.2, 0.25) is 15.9 Å². The molecule has 0 fully saturated rings. The van der Waals surface area contributed by atoms with E-state index in [1.165, 1.54) is 24.3 Å². The molecule has 1 amide bonds. The van der Waals surface area contributed by atoms with Crippen molar-refractivity contribution in [3.8, 4) is 0 Å². The molecule has 0 aliphatic heterocycles. The molecular formula is C16H16N2O5S. The number of esters is 1. The van der Waals surface area contributed by atoms with E-state index in [1.54, 1.807) is 0 Å². The number of rotatable bonds is 7. The second-order valence-electron chi connectivity index (χ2n) is 4.88. The highest BCUT2D eigenvalue weighted by Gasteiger charge is 2.16. The topological polar surface area (TPSA) is 116 Å². The fourth-order valence-corrected chi connectivity index (χ4v) is 2.82. The minimum absolute atomic E-state index is 0.0802. The summed E-state index contributed by atoms with van der Waals surface area (Å²) in [5.74, 6) is -1.35. The van der Waals surface area contributed by atoms with Crippen molar-refractivity contribution in [2.24, 2.45) is 5.73 Å². The molecule has 0 aliphatic carbocycles. The molecule has 0 saturated carbocycles. The van der Waals surface area contributed by atoms with E-state index >= 15 is 0 Å². The number of hydrogen-bond donors (Lipinski definition) is 2. The van der Waals surface area contributed by atoms with Gasteiger partial charge in [-0.15, -0.1) is 0 Å². The minimum Gasteiger partial charge on any atom is -0.457 e. The largest absolute Gasteiger partial charge is 0.457 e. The molecule has 0 radical (unpaired) electrons. The molecule has 24 heavy (non-hydrogen) atoms. The fourth-order valence-electron chi connectivity index (χ4n) is 1.83. The third kappa shape index (κ3) is 4.90. The maximum Gasteiger partial charge on any atom is 0.338 e. The predicted octanol–water partition coefficient (Wildman–Crippen LogP) is 0.807. The molecule has 0 unspecified atom stereocenters. The van der Waals surface area contributed by atoms with Gasteiger partial charge in [-0.3, -0.25) is 4.79 Å². The molecule has 0 saturated heterocycles. The number of benzene rings is 2. The standard InChI is InChI=1S/C16H16N2O5S/c17-15(19)10-18-24(21,22)14-8-6-13(7-9-14)16(20)23-11-12-4-2-1-3-5-12/h1-9,18H,10-11H2,(H2,17,19). The number of sulfonamides is 1. The van der Waals surface area contributed by atoms with Gasteiger partial charge in [-0.1, -0.05) is 30.3 Å². The first kappa shape index (κ1) is 17.6. The maximum atomic E-state index is 11.9. The van der Waals surface area contributed by atoms with E-state index in [-0.39, 0.29) is 17.1 Å². The molecule has 2 rings (SSSR count). The Hall–Kier alpha value is -2.71. The van der Waals surface area contributed by atoms with E-state index < -0.39 is 28.4 Å². The van der Waals surface area contributed by atoms with Gasteiger partial charge in [0, 0.05) is 0 Å². The van der Waals surface area contributed by atoms with Gasteiger partial charge in [-0.2, -0.15) is 0 Å². The summed E-state index contributed by atoms with van der Waals surface area (Å²) in [5, 5.41) is 0. The second-order valence-corrected chi connectivity index (χ2v) is 6.64. The number of hydrogen-bond acceptors (Lipinski definition) is 5. The molecule has 2 aromatic rings. The Kier molecular flexibility index (Phi) is 5.67. The average Bonchev–Trinajstić information content (AvgIpc) is 2.59. The van der Waals surface area contributed by atoms with Crippen molar-refractivity contribution in [1.29, 1.82) is 0 Å². The van der Waals surface area contributed by atoms with E-state index in [4.69, 9.17) is 10.5 Å². The molecule has 3 N–H and O–H groups in total. The number of primary amides is 1. The molecule has 0 aromatic heterocycles. The highest BCUT2D eigenvalue weighted by atomic mass is 32.2. The highest BCUT2D eigenvalue weighted by Crippen LogP contribution is 2.12. The molecule has 0 atom stereocenters. The number of carbonyl (C=O) groups excluding carboxylic acids is 2. The first-order valence-electron chi connectivity index (χ1n) is 6.97. The Morgan fingerprint density at radius 1 is 1.00 bits per heavy atom. The minimum atomic E-state index is -3.86. The van der Waals surface area contributed by atoms with E-state index in [0.29, 0.717) is 0 Å². The predicted molar refractivity (Wildman–Crippen MR) is 86.4 cm³/mol. The lowest BCUT2D eigenvalue weighted by molar-refractivity contribution is -0.116. The Labute approximate surface area is 139 Å². The van der Waals surface area contributed by atoms with Crippen molar-refractivity contribution in [3.63, 3.8) is 0 Å². The van der Waals surface area contributed by atoms with Crippen molar-refractivity contribution in [2.75, 3.05) is 6.54 Å². The van der Waals surface area contributed by atoms with Crippen LogP contribution in [0.25, 0.3) is 0 Å². The van der Waals surface area contributed by atoms with Crippen LogP contribution in [0, 0.1) is 0 Å². The van der Waals surface area contributed by atoms with Crippen molar-refractivity contribution >= 4 is 21.9 Å². The van der Waals surface area contributed by atoms with Crippen molar-refractivity contribution in [1.82, 2.24) is 4.72 Å². The second kappa shape index (κ2) is 7.71. The summed E-state index contributed by atoms with van der Waals surface area (Å²) in [6.45, 7) is -0.372. The van der Waals surface area contributed by atoms with E-state index in [2.05, 4.69) is 4.72 Å². The first-order chi connectivity index (χ1) is 11.4. The van der Waals surface area contributed by atoms with Crippen LogP contribution < -0.4 is 10.5 Å². The Morgan fingerprint density at radius 3 is 2.21 bits per heavy atom. The number of ether oxygens (including phenoxy) is 1. The monoisotopic (exact) mass is 348 g/mol. The summed E-state index contributed by atoms with van der Waals surface area (Å²) in [6.07, 6.45) is 0. The SMILES string of the molecule is NC(=O)CNS(=O)(=O)c1ccc(C(=O)OCc2ccccc2)cc1. The van der Waals surface area contributed by atoms with Gasteiger partial charge in [0.25, 0.3) is 0 Å². The number of carbonyl (C=O) groups is 2. The van der Waals surface area contributed by atoms with Gasteiger partial charge in [-0.05, 0) is 29.8 Å². The van der Waals surface area contributed by atoms with Crippen LogP contribution in [0.15, 0.2) is 59.5 Å². The molecule has 126 valence electrons. The zero-order chi connectivity index (χ0) is 17.6. The van der Waals surface area contributed by atoms with Crippen molar-refractivity contribution < 1.29 is 22.7 Å². The summed E-state index contributed by atoms with van der Waals surface area (Å²) in [4.78, 5) is 22.5. The molecule has 0 aliphatic rings. The van der Waals surface area contributed by atoms with Crippen LogP contribution in [-0.4, -0.2) is 26.8 Å². The van der Waals surface area contributed by atoms with Crippen molar-refractivity contribution in [2.45, 2.75) is 11.5 Å². The van der Waals surface area contributed by atoms with Crippen LogP contribution in [0.1, 0.15) is 15.9 Å². The summed E-state index contributed by atoms with van der Waals surface area (Å²) in [5.41, 5.74) is 5.97. The van der Waals surface area contributed by atoms with Crippen LogP contribution in [0.5, 0.6) is 0 Å². The molecule has 0 heterocycles. The van der Waals surface area contributed by atoms with E-state index in [9.17, 15) is 18.0 Å². The lowest BCUT2D eigenvalue weighted by atomic mass is 10.2. The molecule has 7 nitrogen and oxygen atoms in total. The number of amides is 1. The summed E-state index contributed by atoms with van der Waals surface area (Å²) in [6, 6.07) is 14.4. The first-order valence-corrected chi connectivity index (χ1v) is 8.46. The molecule has 0 bridgehead atoms. The van der Waals surface area contributed by atoms with Gasteiger partial charge < -0.3 is 10.5 Å². The molecule has 8 heteroatoms. The average molecular weight is 348 g/mol. The Bertz CT molecular complexity index is 817. The van der Waals surface area contributed by atoms with Crippen LogP contribution in [0.2, 0.25) is 0 Å². The lowest BCUT2D eigenvalue weighted by Gasteiger charge is -2.07. The quantitative estimate of drug-likeness (QED) is 0.718. The van der Waals surface area contributed by atoms with Gasteiger partial charge in [0.15, 0.2) is 0 Å². The Morgan fingerprint density at radius 2 is 1.62 bits per heavy atom. The Balaban J connectivity index is 2.00. The van der Waals surface area contributed by atoms with Crippen LogP contribution >= 0.6 is 0 Å². The highest BCUT2D eigenvalue weighted by molar-refractivity contribution is 7.89. The zero-order valence-corrected chi connectivity index (χ0v) is 13.5. The van der Waals surface area contributed by atoms with Gasteiger partial charge in [0.1, 0.15) is 6.61 Å². The van der Waals surface area contributed by atoms with E-state index in [1.807, 2.05) is 30.3 Å². The van der Waals surface area contributed by atoms with Gasteiger partial charge >= 0.3 is 5.97 Å². The number of nitrogens with one attached hydrogen (secondary N) is 1. The number of nitrogens with two attached hydrogens (primary N) is 1. The van der Waals surface area contributed by atoms with E-state index in [0.717, 1.165) is 5.56 Å². The summed E-state index contributed by atoms with van der Waals surface area (Å²) >= 11 is 0. The maximum absolute atomic E-state index is 11.9. The summed E-state index contributed by atoms with van der Waals surface area (Å²) in [7, 11) is -3.86. The molecule has 0 spiro atoms. The fraction of sp³-hybridized carbons (Fsp3) is 0.125. The lowest BCUT2D eigenvalue weighted by Crippen LogP contribution is -2.33. The zero-order valence-electron chi connectivity index (χ0n) is 12.6. The third-order valence-corrected chi connectivity index (χ3v) is 4.47. The van der Waals surface area contributed by atoms with Crippen molar-refractivity contribution in [3.05, 3.63) is 65.7 Å².